The van der Waals surface area contributed by atoms with Crippen molar-refractivity contribution in [2.24, 2.45) is 4.99 Å². The quantitative estimate of drug-likeness (QED) is 0.266. The van der Waals surface area contributed by atoms with Gasteiger partial charge in [-0.05, 0) is 67.8 Å². The van der Waals surface area contributed by atoms with E-state index < -0.39 is 17.8 Å². The Balaban J connectivity index is 1.56. The normalized spacial score (nSPS) is 14.8. The van der Waals surface area contributed by atoms with Crippen molar-refractivity contribution in [1.29, 1.82) is 0 Å². The van der Waals surface area contributed by atoms with Gasteiger partial charge >= 0.3 is 5.97 Å². The van der Waals surface area contributed by atoms with E-state index in [4.69, 9.17) is 14.2 Å². The Bertz CT molecular complexity index is 1780. The lowest BCUT2D eigenvalue weighted by Gasteiger charge is -2.24. The van der Waals surface area contributed by atoms with Crippen LogP contribution in [0.4, 0.5) is 4.39 Å². The first kappa shape index (κ1) is 28.0. The molecule has 5 rings (SSSR count). The average molecular weight is 573 g/mol. The largest absolute Gasteiger partial charge is 0.490 e. The number of aromatic nitrogens is 1. The fourth-order valence-electron chi connectivity index (χ4n) is 4.64. The maximum atomic E-state index is 13.8. The lowest BCUT2D eigenvalue weighted by molar-refractivity contribution is -0.139. The summed E-state index contributed by atoms with van der Waals surface area (Å²) in [5.41, 5.74) is 2.73. The number of benzene rings is 3. The SMILES string of the molecule is CCOC(=O)C1=C(C)N=c2s/c(=C\c3ccc(OCc4ccccc4)c(OCC)c3)c(=O)n2[C@@H]1c1ccc(F)cc1. The van der Waals surface area contributed by atoms with Crippen LogP contribution in [0.3, 0.4) is 0 Å². The third-order valence-corrected chi connectivity index (χ3v) is 7.49. The highest BCUT2D eigenvalue weighted by Crippen LogP contribution is 2.31. The summed E-state index contributed by atoms with van der Waals surface area (Å²) in [6.45, 7) is 6.33. The summed E-state index contributed by atoms with van der Waals surface area (Å²) < 4.78 is 32.8. The van der Waals surface area contributed by atoms with Gasteiger partial charge in [-0.1, -0.05) is 59.9 Å². The van der Waals surface area contributed by atoms with Crippen LogP contribution in [-0.4, -0.2) is 23.8 Å². The lowest BCUT2D eigenvalue weighted by Crippen LogP contribution is -2.39. The van der Waals surface area contributed by atoms with Crippen molar-refractivity contribution in [3.8, 4) is 11.5 Å². The van der Waals surface area contributed by atoms with Crippen LogP contribution in [0.1, 0.15) is 43.5 Å². The van der Waals surface area contributed by atoms with Crippen LogP contribution < -0.4 is 24.4 Å². The van der Waals surface area contributed by atoms with Crippen molar-refractivity contribution in [3.05, 3.63) is 126 Å². The van der Waals surface area contributed by atoms with Crippen LogP contribution >= 0.6 is 11.3 Å². The Labute approximate surface area is 240 Å². The smallest absolute Gasteiger partial charge is 0.338 e. The highest BCUT2D eigenvalue weighted by Gasteiger charge is 2.33. The zero-order chi connectivity index (χ0) is 28.9. The van der Waals surface area contributed by atoms with Crippen LogP contribution in [0.25, 0.3) is 6.08 Å². The molecule has 1 aromatic heterocycles. The fourth-order valence-corrected chi connectivity index (χ4v) is 5.69. The minimum absolute atomic E-state index is 0.170. The van der Waals surface area contributed by atoms with Crippen LogP contribution in [0.5, 0.6) is 11.5 Å². The van der Waals surface area contributed by atoms with Crippen molar-refractivity contribution in [2.45, 2.75) is 33.4 Å². The van der Waals surface area contributed by atoms with Crippen molar-refractivity contribution in [1.82, 2.24) is 4.57 Å². The zero-order valence-electron chi connectivity index (χ0n) is 22.9. The number of fused-ring (bicyclic) bond motifs is 1. The van der Waals surface area contributed by atoms with Gasteiger partial charge in [0.2, 0.25) is 0 Å². The summed E-state index contributed by atoms with van der Waals surface area (Å²) in [4.78, 5) is 31.8. The minimum atomic E-state index is -0.805. The first-order valence-corrected chi connectivity index (χ1v) is 14.1. The van der Waals surface area contributed by atoms with Crippen LogP contribution in [0, 0.1) is 5.82 Å². The summed E-state index contributed by atoms with van der Waals surface area (Å²) in [7, 11) is 0. The monoisotopic (exact) mass is 572 g/mol. The molecular weight excluding hydrogens is 543 g/mol. The molecule has 9 heteroatoms. The number of carbonyl (C=O) groups excluding carboxylic acids is 1. The van der Waals surface area contributed by atoms with Crippen LogP contribution in [-0.2, 0) is 16.1 Å². The Hall–Kier alpha value is -4.50. The molecule has 0 saturated carbocycles. The number of hydrogen-bond donors (Lipinski definition) is 0. The third kappa shape index (κ3) is 6.00. The molecule has 1 aliphatic heterocycles. The number of rotatable bonds is 9. The predicted octanol–water partition coefficient (Wildman–Crippen LogP) is 4.92. The maximum absolute atomic E-state index is 13.8. The van der Waals surface area contributed by atoms with E-state index in [9.17, 15) is 14.0 Å². The number of ether oxygens (including phenoxy) is 3. The molecule has 2 heterocycles. The first-order chi connectivity index (χ1) is 19.9. The molecular formula is C32H29FN2O5S. The van der Waals surface area contributed by atoms with Gasteiger partial charge < -0.3 is 14.2 Å². The van der Waals surface area contributed by atoms with Crippen molar-refractivity contribution < 1.29 is 23.4 Å². The molecule has 0 amide bonds. The Kier molecular flexibility index (Phi) is 8.45. The van der Waals surface area contributed by atoms with E-state index in [0.29, 0.717) is 45.3 Å². The molecule has 0 N–H and O–H groups in total. The molecule has 41 heavy (non-hydrogen) atoms. The van der Waals surface area contributed by atoms with E-state index in [1.54, 1.807) is 32.1 Å². The van der Waals surface area contributed by atoms with E-state index in [1.165, 1.54) is 28.0 Å². The molecule has 0 bridgehead atoms. The summed E-state index contributed by atoms with van der Waals surface area (Å²) >= 11 is 1.22. The van der Waals surface area contributed by atoms with Crippen molar-refractivity contribution in [3.63, 3.8) is 0 Å². The van der Waals surface area contributed by atoms with Crippen LogP contribution in [0.15, 0.2) is 93.9 Å². The van der Waals surface area contributed by atoms with E-state index in [1.807, 2.05) is 55.5 Å². The molecule has 7 nitrogen and oxygen atoms in total. The van der Waals surface area contributed by atoms with E-state index in [2.05, 4.69) is 4.99 Å². The molecule has 0 spiro atoms. The van der Waals surface area contributed by atoms with Gasteiger partial charge in [0.15, 0.2) is 16.3 Å². The zero-order valence-corrected chi connectivity index (χ0v) is 23.7. The number of thiazole rings is 1. The van der Waals surface area contributed by atoms with Gasteiger partial charge in [-0.2, -0.15) is 0 Å². The van der Waals surface area contributed by atoms with Crippen molar-refractivity contribution in [2.75, 3.05) is 13.2 Å². The summed E-state index contributed by atoms with van der Waals surface area (Å²) in [5, 5.41) is 0. The summed E-state index contributed by atoms with van der Waals surface area (Å²) in [6.07, 6.45) is 1.76. The van der Waals surface area contributed by atoms with Gasteiger partial charge in [0.25, 0.3) is 5.56 Å². The molecule has 0 fully saturated rings. The van der Waals surface area contributed by atoms with E-state index in [-0.39, 0.29) is 17.7 Å². The molecule has 0 saturated heterocycles. The number of hydrogen-bond acceptors (Lipinski definition) is 7. The minimum Gasteiger partial charge on any atom is -0.490 e. The van der Waals surface area contributed by atoms with E-state index >= 15 is 0 Å². The Morgan fingerprint density at radius 3 is 2.46 bits per heavy atom. The van der Waals surface area contributed by atoms with Gasteiger partial charge in [-0.3, -0.25) is 9.36 Å². The molecule has 1 atom stereocenters. The second kappa shape index (κ2) is 12.3. The van der Waals surface area contributed by atoms with E-state index in [0.717, 1.165) is 11.1 Å². The van der Waals surface area contributed by atoms with Gasteiger partial charge in [0, 0.05) is 0 Å². The number of allylic oxidation sites excluding steroid dienone is 1. The third-order valence-electron chi connectivity index (χ3n) is 6.51. The van der Waals surface area contributed by atoms with Gasteiger partial charge in [-0.25, -0.2) is 14.2 Å². The molecule has 3 aromatic carbocycles. The number of halogens is 1. The summed E-state index contributed by atoms with van der Waals surface area (Å²) in [6, 6.07) is 20.3. The number of carbonyl (C=O) groups is 1. The van der Waals surface area contributed by atoms with Crippen LogP contribution in [0.2, 0.25) is 0 Å². The van der Waals surface area contributed by atoms with Crippen molar-refractivity contribution >= 4 is 23.4 Å². The average Bonchev–Trinajstić information content (AvgIpc) is 3.27. The number of nitrogens with zero attached hydrogens (tertiary/aromatic N) is 2. The number of esters is 1. The molecule has 210 valence electrons. The molecule has 0 aliphatic carbocycles. The Morgan fingerprint density at radius 2 is 1.76 bits per heavy atom. The highest BCUT2D eigenvalue weighted by atomic mass is 32.1. The molecule has 1 aliphatic rings. The standard InChI is InChI=1S/C32H29FN2O5S/c1-4-38-26-17-22(11-16-25(26)40-19-21-9-7-6-8-10-21)18-27-30(36)35-29(23-12-14-24(33)15-13-23)28(31(37)39-5-2)20(3)34-32(35)41-27/h6-18,29H,4-5,19H2,1-3H3/b27-18-/t29-/m1/s1. The van der Waals surface area contributed by atoms with Gasteiger partial charge in [-0.15, -0.1) is 0 Å². The first-order valence-electron chi connectivity index (χ1n) is 13.3. The van der Waals surface area contributed by atoms with Gasteiger partial charge in [0.05, 0.1) is 35.1 Å². The predicted molar refractivity (Wildman–Crippen MR) is 155 cm³/mol. The van der Waals surface area contributed by atoms with Gasteiger partial charge in [0.1, 0.15) is 12.4 Å². The highest BCUT2D eigenvalue weighted by molar-refractivity contribution is 7.07. The second-order valence-corrected chi connectivity index (χ2v) is 10.3. The lowest BCUT2D eigenvalue weighted by atomic mass is 9.96. The fraction of sp³-hybridized carbons (Fsp3) is 0.219. The maximum Gasteiger partial charge on any atom is 0.338 e. The Morgan fingerprint density at radius 1 is 1.00 bits per heavy atom. The second-order valence-electron chi connectivity index (χ2n) is 9.27. The molecule has 4 aromatic rings. The summed E-state index contributed by atoms with van der Waals surface area (Å²) in [5.74, 6) is 0.181. The molecule has 0 unspecified atom stereocenters. The topological polar surface area (TPSA) is 79.1 Å². The molecule has 0 radical (unpaired) electrons.